The van der Waals surface area contributed by atoms with Crippen LogP contribution in [0.4, 0.5) is 11.4 Å². The highest BCUT2D eigenvalue weighted by molar-refractivity contribution is 7.92. The number of carbonyl (C=O) groups excluding carboxylic acids is 2. The largest absolute Gasteiger partial charge is 0.324 e. The van der Waals surface area contributed by atoms with Crippen LogP contribution in [0.3, 0.4) is 0 Å². The van der Waals surface area contributed by atoms with Crippen molar-refractivity contribution in [1.82, 2.24) is 0 Å². The lowest BCUT2D eigenvalue weighted by molar-refractivity contribution is -0.121. The fraction of sp³-hybridized carbons (Fsp3) is 0.300. The zero-order valence-electron chi connectivity index (χ0n) is 15.5. The van der Waals surface area contributed by atoms with E-state index in [-0.39, 0.29) is 35.4 Å². The Hall–Kier alpha value is -2.67. The normalized spacial score (nSPS) is 18.6. The van der Waals surface area contributed by atoms with Crippen molar-refractivity contribution >= 4 is 33.0 Å². The van der Waals surface area contributed by atoms with Crippen LogP contribution in [0.25, 0.3) is 0 Å². The van der Waals surface area contributed by atoms with Crippen LogP contribution in [0.1, 0.15) is 24.5 Å². The van der Waals surface area contributed by atoms with E-state index in [9.17, 15) is 18.0 Å². The maximum Gasteiger partial charge on any atom is 0.244 e. The van der Waals surface area contributed by atoms with Gasteiger partial charge in [0.15, 0.2) is 9.84 Å². The van der Waals surface area contributed by atoms with Crippen LogP contribution in [0.15, 0.2) is 47.4 Å². The monoisotopic (exact) mass is 386 g/mol. The SMILES string of the molecule is Cc1cccc(NC(=O)CN2C(=O)C[C@@H](C)S(=O)(=O)c3ccccc32)c1C. The number of nitrogens with one attached hydrogen (secondary N) is 1. The molecule has 1 N–H and O–H groups in total. The molecule has 7 heteroatoms. The third-order valence-electron chi connectivity index (χ3n) is 4.94. The van der Waals surface area contributed by atoms with Gasteiger partial charge >= 0.3 is 0 Å². The summed E-state index contributed by atoms with van der Waals surface area (Å²) < 4.78 is 25.4. The Balaban J connectivity index is 1.92. The van der Waals surface area contributed by atoms with Gasteiger partial charge < -0.3 is 10.2 Å². The highest BCUT2D eigenvalue weighted by atomic mass is 32.2. The van der Waals surface area contributed by atoms with Gasteiger partial charge in [-0.15, -0.1) is 0 Å². The first kappa shape index (κ1) is 19.1. The minimum atomic E-state index is -3.62. The molecule has 1 aliphatic heterocycles. The first-order valence-corrected chi connectivity index (χ1v) is 10.3. The molecular formula is C20H22N2O4S. The van der Waals surface area contributed by atoms with Gasteiger partial charge in [0.25, 0.3) is 0 Å². The first-order chi connectivity index (χ1) is 12.7. The first-order valence-electron chi connectivity index (χ1n) is 8.71. The summed E-state index contributed by atoms with van der Waals surface area (Å²) in [6.45, 7) is 5.13. The Labute approximate surface area is 159 Å². The summed E-state index contributed by atoms with van der Waals surface area (Å²) in [7, 11) is -3.62. The second kappa shape index (κ2) is 7.15. The van der Waals surface area contributed by atoms with Crippen molar-refractivity contribution in [3.05, 3.63) is 53.6 Å². The van der Waals surface area contributed by atoms with Crippen molar-refractivity contribution < 1.29 is 18.0 Å². The number of anilines is 2. The number of hydrogen-bond donors (Lipinski definition) is 1. The summed E-state index contributed by atoms with van der Waals surface area (Å²) in [5, 5.41) is 1.98. The second-order valence-corrected chi connectivity index (χ2v) is 9.14. The van der Waals surface area contributed by atoms with Gasteiger partial charge in [0.2, 0.25) is 11.8 Å². The highest BCUT2D eigenvalue weighted by Crippen LogP contribution is 2.33. The molecule has 3 rings (SSSR count). The van der Waals surface area contributed by atoms with E-state index in [1.807, 2.05) is 26.0 Å². The quantitative estimate of drug-likeness (QED) is 0.879. The van der Waals surface area contributed by atoms with Gasteiger partial charge in [0.05, 0.1) is 15.8 Å². The van der Waals surface area contributed by atoms with Crippen LogP contribution in [0, 0.1) is 13.8 Å². The maximum atomic E-state index is 12.7. The number of hydrogen-bond acceptors (Lipinski definition) is 4. The zero-order chi connectivity index (χ0) is 19.8. The lowest BCUT2D eigenvalue weighted by Gasteiger charge is -2.22. The van der Waals surface area contributed by atoms with E-state index in [0.717, 1.165) is 11.1 Å². The summed E-state index contributed by atoms with van der Waals surface area (Å²) in [5.74, 6) is -0.758. The van der Waals surface area contributed by atoms with Gasteiger partial charge in [0, 0.05) is 12.1 Å². The predicted octanol–water partition coefficient (Wildman–Crippen LogP) is 2.84. The van der Waals surface area contributed by atoms with Crippen molar-refractivity contribution in [3.63, 3.8) is 0 Å². The number of aryl methyl sites for hydroxylation is 1. The Morgan fingerprint density at radius 3 is 2.59 bits per heavy atom. The molecule has 0 spiro atoms. The fourth-order valence-electron chi connectivity index (χ4n) is 3.13. The van der Waals surface area contributed by atoms with E-state index in [1.54, 1.807) is 24.3 Å². The molecule has 0 aliphatic carbocycles. The van der Waals surface area contributed by atoms with E-state index < -0.39 is 15.1 Å². The molecular weight excluding hydrogens is 364 g/mol. The van der Waals surface area contributed by atoms with Crippen LogP contribution in [-0.4, -0.2) is 32.0 Å². The van der Waals surface area contributed by atoms with E-state index in [1.165, 1.54) is 17.9 Å². The van der Waals surface area contributed by atoms with Crippen molar-refractivity contribution in [3.8, 4) is 0 Å². The molecule has 0 bridgehead atoms. The van der Waals surface area contributed by atoms with Gasteiger partial charge in [-0.25, -0.2) is 8.42 Å². The van der Waals surface area contributed by atoms with Gasteiger partial charge in [-0.3, -0.25) is 9.59 Å². The smallest absolute Gasteiger partial charge is 0.244 e. The molecule has 0 unspecified atom stereocenters. The molecule has 2 aromatic rings. The van der Waals surface area contributed by atoms with E-state index in [0.29, 0.717) is 5.69 Å². The van der Waals surface area contributed by atoms with Gasteiger partial charge in [-0.05, 0) is 50.1 Å². The lowest BCUT2D eigenvalue weighted by Crippen LogP contribution is -2.38. The molecule has 1 atom stereocenters. The fourth-order valence-corrected chi connectivity index (χ4v) is 4.66. The molecule has 142 valence electrons. The zero-order valence-corrected chi connectivity index (χ0v) is 16.3. The van der Waals surface area contributed by atoms with Crippen molar-refractivity contribution in [1.29, 1.82) is 0 Å². The standard InChI is InChI=1S/C20H22N2O4S/c1-13-7-6-8-16(15(13)3)21-19(23)12-22-17-9-4-5-10-18(17)27(25,26)14(2)11-20(22)24/h4-10,14H,11-12H2,1-3H3,(H,21,23)/t14-/m1/s1. The number of amides is 2. The summed E-state index contributed by atoms with van der Waals surface area (Å²) >= 11 is 0. The van der Waals surface area contributed by atoms with E-state index in [4.69, 9.17) is 0 Å². The van der Waals surface area contributed by atoms with Crippen LogP contribution in [0.5, 0.6) is 0 Å². The molecule has 0 saturated carbocycles. The second-order valence-electron chi connectivity index (χ2n) is 6.80. The van der Waals surface area contributed by atoms with Gasteiger partial charge in [-0.2, -0.15) is 0 Å². The van der Waals surface area contributed by atoms with Gasteiger partial charge in [-0.1, -0.05) is 24.3 Å². The number of fused-ring (bicyclic) bond motifs is 1. The third kappa shape index (κ3) is 3.60. The molecule has 6 nitrogen and oxygen atoms in total. The van der Waals surface area contributed by atoms with Crippen molar-refractivity contribution in [2.45, 2.75) is 37.3 Å². The minimum Gasteiger partial charge on any atom is -0.324 e. The molecule has 2 amide bonds. The minimum absolute atomic E-state index is 0.0860. The molecule has 0 radical (unpaired) electrons. The number of nitrogens with zero attached hydrogens (tertiary/aromatic N) is 1. The maximum absolute atomic E-state index is 12.7. The number of para-hydroxylation sites is 1. The molecule has 0 saturated heterocycles. The molecule has 1 heterocycles. The highest BCUT2D eigenvalue weighted by Gasteiger charge is 2.36. The number of carbonyl (C=O) groups is 2. The molecule has 1 aliphatic rings. The molecule has 2 aromatic carbocycles. The number of benzene rings is 2. The summed E-state index contributed by atoms with van der Waals surface area (Å²) in [4.78, 5) is 26.6. The van der Waals surface area contributed by atoms with Crippen molar-refractivity contribution in [2.24, 2.45) is 0 Å². The average molecular weight is 386 g/mol. The summed E-state index contributed by atoms with van der Waals surface area (Å²) in [5.41, 5.74) is 2.92. The van der Waals surface area contributed by atoms with Crippen LogP contribution in [0.2, 0.25) is 0 Å². The topological polar surface area (TPSA) is 83.6 Å². The third-order valence-corrected chi connectivity index (χ3v) is 7.12. The Bertz CT molecular complexity index is 1010. The van der Waals surface area contributed by atoms with E-state index in [2.05, 4.69) is 5.32 Å². The number of rotatable bonds is 3. The van der Waals surface area contributed by atoms with Crippen LogP contribution < -0.4 is 10.2 Å². The van der Waals surface area contributed by atoms with Gasteiger partial charge in [0.1, 0.15) is 6.54 Å². The predicted molar refractivity (Wildman–Crippen MR) is 105 cm³/mol. The molecule has 0 aromatic heterocycles. The molecule has 0 fully saturated rings. The Kier molecular flexibility index (Phi) is 5.06. The van der Waals surface area contributed by atoms with E-state index >= 15 is 0 Å². The Morgan fingerprint density at radius 2 is 1.85 bits per heavy atom. The Morgan fingerprint density at radius 1 is 1.15 bits per heavy atom. The van der Waals surface area contributed by atoms with Crippen LogP contribution >= 0.6 is 0 Å². The number of sulfone groups is 1. The summed E-state index contributed by atoms with van der Waals surface area (Å²) in [6.07, 6.45) is -0.159. The lowest BCUT2D eigenvalue weighted by atomic mass is 10.1. The summed E-state index contributed by atoms with van der Waals surface area (Å²) in [6, 6.07) is 11.9. The average Bonchev–Trinajstić information content (AvgIpc) is 2.69. The van der Waals surface area contributed by atoms with Crippen molar-refractivity contribution in [2.75, 3.05) is 16.8 Å². The van der Waals surface area contributed by atoms with Crippen LogP contribution in [-0.2, 0) is 19.4 Å². The molecule has 27 heavy (non-hydrogen) atoms.